The lowest BCUT2D eigenvalue weighted by Gasteiger charge is -2.16. The molecule has 2 aromatic rings. The van der Waals surface area contributed by atoms with Crippen molar-refractivity contribution in [3.05, 3.63) is 33.0 Å². The topological polar surface area (TPSA) is 78.0 Å². The predicted molar refractivity (Wildman–Crippen MR) is 93.1 cm³/mol. The van der Waals surface area contributed by atoms with E-state index in [2.05, 4.69) is 20.9 Å². The highest BCUT2D eigenvalue weighted by Gasteiger charge is 2.18. The maximum atomic E-state index is 12.8. The number of nitrogens with two attached hydrogens (primary N) is 1. The standard InChI is InChI=1S/C15H18BrN3O2S/c1-8(2)7-19-14(21)11-6-10(16)4-5-12(11)18-15(19)22-9(3)13(17)20/h4-6,8-9H,7H2,1-3H3,(H2,17,20). The Morgan fingerprint density at radius 3 is 2.68 bits per heavy atom. The zero-order chi connectivity index (χ0) is 16.4. The van der Waals surface area contributed by atoms with Gasteiger partial charge in [-0.1, -0.05) is 41.5 Å². The van der Waals surface area contributed by atoms with Crippen LogP contribution in [0.25, 0.3) is 10.9 Å². The minimum atomic E-state index is -0.446. The van der Waals surface area contributed by atoms with Crippen LogP contribution in [0.5, 0.6) is 0 Å². The van der Waals surface area contributed by atoms with E-state index in [9.17, 15) is 9.59 Å². The fraction of sp³-hybridized carbons (Fsp3) is 0.400. The van der Waals surface area contributed by atoms with E-state index in [4.69, 9.17) is 5.73 Å². The van der Waals surface area contributed by atoms with Gasteiger partial charge < -0.3 is 5.73 Å². The van der Waals surface area contributed by atoms with Crippen LogP contribution in [0.2, 0.25) is 0 Å². The summed E-state index contributed by atoms with van der Waals surface area (Å²) in [6, 6.07) is 5.40. The van der Waals surface area contributed by atoms with E-state index < -0.39 is 11.2 Å². The molecule has 5 nitrogen and oxygen atoms in total. The van der Waals surface area contributed by atoms with Gasteiger partial charge in [0.15, 0.2) is 5.16 Å². The first-order chi connectivity index (χ1) is 10.3. The number of amides is 1. The summed E-state index contributed by atoms with van der Waals surface area (Å²) in [5, 5.41) is 0.643. The van der Waals surface area contributed by atoms with Crippen molar-refractivity contribution in [2.24, 2.45) is 11.7 Å². The van der Waals surface area contributed by atoms with Gasteiger partial charge in [-0.2, -0.15) is 0 Å². The van der Waals surface area contributed by atoms with Crippen molar-refractivity contribution >= 4 is 44.5 Å². The second-order valence-corrected chi connectivity index (χ2v) is 7.75. The molecule has 7 heteroatoms. The van der Waals surface area contributed by atoms with Crippen LogP contribution in [0.1, 0.15) is 20.8 Å². The minimum absolute atomic E-state index is 0.0980. The molecule has 0 bridgehead atoms. The van der Waals surface area contributed by atoms with Gasteiger partial charge >= 0.3 is 0 Å². The average Bonchev–Trinajstić information content (AvgIpc) is 2.43. The van der Waals surface area contributed by atoms with Crippen molar-refractivity contribution in [2.75, 3.05) is 0 Å². The van der Waals surface area contributed by atoms with Gasteiger partial charge in [-0.15, -0.1) is 0 Å². The first kappa shape index (κ1) is 17.0. The average molecular weight is 384 g/mol. The highest BCUT2D eigenvalue weighted by Crippen LogP contribution is 2.24. The molecule has 0 fully saturated rings. The molecule has 1 unspecified atom stereocenters. The molecule has 1 heterocycles. The minimum Gasteiger partial charge on any atom is -0.369 e. The number of nitrogens with zero attached hydrogens (tertiary/aromatic N) is 2. The van der Waals surface area contributed by atoms with E-state index in [-0.39, 0.29) is 11.5 Å². The second kappa shape index (κ2) is 6.83. The highest BCUT2D eigenvalue weighted by molar-refractivity contribution is 9.10. The zero-order valence-electron chi connectivity index (χ0n) is 12.7. The summed E-state index contributed by atoms with van der Waals surface area (Å²) in [6.07, 6.45) is 0. The molecule has 22 heavy (non-hydrogen) atoms. The van der Waals surface area contributed by atoms with Gasteiger partial charge in [0.2, 0.25) is 5.91 Å². The molecule has 1 aromatic carbocycles. The number of halogens is 1. The fourth-order valence-corrected chi connectivity index (χ4v) is 3.23. The lowest BCUT2D eigenvalue weighted by atomic mass is 10.2. The zero-order valence-corrected chi connectivity index (χ0v) is 15.1. The Balaban J connectivity index is 2.64. The van der Waals surface area contributed by atoms with Crippen molar-refractivity contribution < 1.29 is 4.79 Å². The summed E-state index contributed by atoms with van der Waals surface area (Å²) in [5.74, 6) is -0.140. The lowest BCUT2D eigenvalue weighted by Crippen LogP contribution is -2.28. The molecule has 0 aliphatic rings. The Bertz CT molecular complexity index is 773. The number of carbonyl (C=O) groups is 1. The monoisotopic (exact) mass is 383 g/mol. The molecular formula is C15H18BrN3O2S. The van der Waals surface area contributed by atoms with Gasteiger partial charge in [-0.05, 0) is 31.0 Å². The molecule has 1 atom stereocenters. The van der Waals surface area contributed by atoms with Crippen LogP contribution < -0.4 is 11.3 Å². The van der Waals surface area contributed by atoms with E-state index >= 15 is 0 Å². The van der Waals surface area contributed by atoms with Crippen molar-refractivity contribution in [3.8, 4) is 0 Å². The molecule has 2 N–H and O–H groups in total. The summed E-state index contributed by atoms with van der Waals surface area (Å²) < 4.78 is 2.46. The van der Waals surface area contributed by atoms with Crippen LogP contribution in [-0.2, 0) is 11.3 Å². The third-order valence-corrected chi connectivity index (χ3v) is 4.71. The van der Waals surface area contributed by atoms with E-state index in [1.54, 1.807) is 23.6 Å². The number of thioether (sulfide) groups is 1. The SMILES string of the molecule is CC(C)Cn1c(SC(C)C(N)=O)nc2ccc(Br)cc2c1=O. The highest BCUT2D eigenvalue weighted by atomic mass is 79.9. The smallest absolute Gasteiger partial charge is 0.262 e. The van der Waals surface area contributed by atoms with Crippen LogP contribution in [0, 0.1) is 5.92 Å². The summed E-state index contributed by atoms with van der Waals surface area (Å²) >= 11 is 4.60. The van der Waals surface area contributed by atoms with Crippen LogP contribution in [0.3, 0.4) is 0 Å². The molecule has 0 aliphatic carbocycles. The quantitative estimate of drug-likeness (QED) is 0.635. The van der Waals surface area contributed by atoms with Gasteiger partial charge in [-0.25, -0.2) is 4.98 Å². The number of primary amides is 1. The second-order valence-electron chi connectivity index (χ2n) is 5.53. The Kier molecular flexibility index (Phi) is 5.28. The van der Waals surface area contributed by atoms with E-state index in [0.717, 1.165) is 4.47 Å². The molecule has 0 radical (unpaired) electrons. The number of fused-ring (bicyclic) bond motifs is 1. The first-order valence-electron chi connectivity index (χ1n) is 6.95. The van der Waals surface area contributed by atoms with Gasteiger partial charge in [-0.3, -0.25) is 14.2 Å². The molecule has 1 aromatic heterocycles. The van der Waals surface area contributed by atoms with E-state index in [0.29, 0.717) is 22.6 Å². The third-order valence-electron chi connectivity index (χ3n) is 3.11. The fourth-order valence-electron chi connectivity index (χ4n) is 2.01. The Morgan fingerprint density at radius 2 is 2.09 bits per heavy atom. The predicted octanol–water partition coefficient (Wildman–Crippen LogP) is 2.78. The van der Waals surface area contributed by atoms with Crippen LogP contribution in [0.4, 0.5) is 0 Å². The summed E-state index contributed by atoms with van der Waals surface area (Å²) in [5.41, 5.74) is 5.84. The van der Waals surface area contributed by atoms with Crippen LogP contribution in [-0.4, -0.2) is 20.7 Å². The number of hydrogen-bond donors (Lipinski definition) is 1. The van der Waals surface area contributed by atoms with Gasteiger partial charge in [0.05, 0.1) is 16.2 Å². The molecule has 0 saturated carbocycles. The molecule has 2 rings (SSSR count). The largest absolute Gasteiger partial charge is 0.369 e. The van der Waals surface area contributed by atoms with E-state index in [1.165, 1.54) is 11.8 Å². The van der Waals surface area contributed by atoms with Gasteiger partial charge in [0, 0.05) is 11.0 Å². The summed E-state index contributed by atoms with van der Waals surface area (Å²) in [6.45, 7) is 6.32. The maximum Gasteiger partial charge on any atom is 0.262 e. The number of hydrogen-bond acceptors (Lipinski definition) is 4. The molecule has 0 saturated heterocycles. The molecule has 0 spiro atoms. The van der Waals surface area contributed by atoms with Crippen molar-refractivity contribution in [3.63, 3.8) is 0 Å². The Morgan fingerprint density at radius 1 is 1.41 bits per heavy atom. The maximum absolute atomic E-state index is 12.8. The third kappa shape index (κ3) is 3.70. The number of rotatable bonds is 5. The molecule has 1 amide bonds. The number of carbonyl (C=O) groups excluding carboxylic acids is 1. The van der Waals surface area contributed by atoms with Crippen LogP contribution in [0.15, 0.2) is 32.6 Å². The Labute approximate surface area is 141 Å². The number of aromatic nitrogens is 2. The summed E-state index contributed by atoms with van der Waals surface area (Å²) in [7, 11) is 0. The van der Waals surface area contributed by atoms with Crippen molar-refractivity contribution in [2.45, 2.75) is 37.7 Å². The lowest BCUT2D eigenvalue weighted by molar-refractivity contribution is -0.117. The molecule has 118 valence electrons. The summed E-state index contributed by atoms with van der Waals surface area (Å²) in [4.78, 5) is 28.6. The van der Waals surface area contributed by atoms with Gasteiger partial charge in [0.1, 0.15) is 0 Å². The Hall–Kier alpha value is -1.34. The van der Waals surface area contributed by atoms with Crippen LogP contribution >= 0.6 is 27.7 Å². The van der Waals surface area contributed by atoms with Crippen molar-refractivity contribution in [1.29, 1.82) is 0 Å². The first-order valence-corrected chi connectivity index (χ1v) is 8.63. The van der Waals surface area contributed by atoms with Gasteiger partial charge in [0.25, 0.3) is 5.56 Å². The molecule has 0 aliphatic heterocycles. The number of benzene rings is 1. The van der Waals surface area contributed by atoms with E-state index in [1.807, 2.05) is 19.9 Å². The molecular weight excluding hydrogens is 366 g/mol. The normalized spacial score (nSPS) is 12.8. The van der Waals surface area contributed by atoms with Crippen molar-refractivity contribution in [1.82, 2.24) is 9.55 Å².